The van der Waals surface area contributed by atoms with Gasteiger partial charge in [0.1, 0.15) is 5.78 Å². The topological polar surface area (TPSA) is 57.5 Å². The van der Waals surface area contributed by atoms with E-state index < -0.39 is 5.44 Å². The smallest absolute Gasteiger partial charge is 0.146 e. The van der Waals surface area contributed by atoms with Crippen LogP contribution in [-0.2, 0) is 4.79 Å². The largest absolute Gasteiger partial charge is 0.393 e. The Morgan fingerprint density at radius 2 is 1.74 bits per heavy atom. The zero-order valence-corrected chi connectivity index (χ0v) is 18.1. The Labute approximate surface area is 169 Å². The van der Waals surface area contributed by atoms with Crippen molar-refractivity contribution in [3.05, 3.63) is 0 Å². The molecule has 4 fully saturated rings. The SMILES string of the molecule is CC(O)SCC(=O)[C@H]1CC[C@H]2[C@@H]3CC[C@@H]4C[C@H](O)CC[C@]4(C)[C@H]3CC[C@]12C. The van der Waals surface area contributed by atoms with Gasteiger partial charge in [0.15, 0.2) is 0 Å². The Bertz CT molecular complexity index is 578. The van der Waals surface area contributed by atoms with E-state index in [2.05, 4.69) is 13.8 Å². The van der Waals surface area contributed by atoms with Crippen LogP contribution in [0.25, 0.3) is 0 Å². The van der Waals surface area contributed by atoms with E-state index in [1.54, 1.807) is 6.92 Å². The molecule has 0 aromatic heterocycles. The van der Waals surface area contributed by atoms with Gasteiger partial charge >= 0.3 is 0 Å². The molecule has 3 nitrogen and oxygen atoms in total. The third-order valence-corrected chi connectivity index (χ3v) is 10.4. The Morgan fingerprint density at radius 3 is 2.48 bits per heavy atom. The van der Waals surface area contributed by atoms with Crippen LogP contribution in [0.3, 0.4) is 0 Å². The zero-order valence-electron chi connectivity index (χ0n) is 17.3. The number of fused-ring (bicyclic) bond motifs is 5. The summed E-state index contributed by atoms with van der Waals surface area (Å²) < 4.78 is 0. The summed E-state index contributed by atoms with van der Waals surface area (Å²) in [5.41, 5.74) is 0.134. The maximum atomic E-state index is 12.9. The molecule has 154 valence electrons. The van der Waals surface area contributed by atoms with Gasteiger partial charge in [-0.05, 0) is 99.2 Å². The molecule has 0 aromatic carbocycles. The summed E-state index contributed by atoms with van der Waals surface area (Å²) in [6, 6.07) is 0. The number of thioether (sulfide) groups is 1. The van der Waals surface area contributed by atoms with E-state index >= 15 is 0 Å². The van der Waals surface area contributed by atoms with Crippen molar-refractivity contribution in [1.29, 1.82) is 0 Å². The molecule has 0 amide bonds. The second-order valence-corrected chi connectivity index (χ2v) is 11.9. The van der Waals surface area contributed by atoms with Gasteiger partial charge in [-0.25, -0.2) is 0 Å². The number of aliphatic hydroxyl groups excluding tert-OH is 2. The highest BCUT2D eigenvalue weighted by Gasteiger charge is 2.60. The molecular weight excluding hydrogens is 356 g/mol. The quantitative estimate of drug-likeness (QED) is 0.682. The number of carbonyl (C=O) groups excluding carboxylic acids is 1. The van der Waals surface area contributed by atoms with Crippen molar-refractivity contribution in [3.63, 3.8) is 0 Å². The molecule has 0 aromatic rings. The van der Waals surface area contributed by atoms with E-state index in [9.17, 15) is 15.0 Å². The first-order valence-electron chi connectivity index (χ1n) is 11.3. The van der Waals surface area contributed by atoms with Crippen LogP contribution in [0.1, 0.15) is 78.6 Å². The minimum Gasteiger partial charge on any atom is -0.393 e. The lowest BCUT2D eigenvalue weighted by molar-refractivity contribution is -0.138. The second-order valence-electron chi connectivity index (χ2n) is 10.6. The van der Waals surface area contributed by atoms with Crippen LogP contribution in [0.15, 0.2) is 0 Å². The number of rotatable bonds is 4. The Hall–Kier alpha value is -0.0600. The summed E-state index contributed by atoms with van der Waals surface area (Å²) in [4.78, 5) is 12.9. The molecule has 0 saturated heterocycles. The number of hydrogen-bond donors (Lipinski definition) is 2. The van der Waals surface area contributed by atoms with Crippen molar-refractivity contribution in [2.45, 2.75) is 90.1 Å². The number of ketones is 1. The van der Waals surface area contributed by atoms with Gasteiger partial charge in [-0.15, -0.1) is 11.8 Å². The molecule has 9 atom stereocenters. The predicted octanol–water partition coefficient (Wildman–Crippen LogP) is 4.65. The van der Waals surface area contributed by atoms with Crippen LogP contribution in [-0.4, -0.2) is 33.3 Å². The normalized spacial score (nSPS) is 50.4. The second kappa shape index (κ2) is 7.32. The molecule has 4 aliphatic rings. The molecular formula is C23H38O3S. The lowest BCUT2D eigenvalue weighted by Gasteiger charge is -2.60. The first-order chi connectivity index (χ1) is 12.8. The minimum absolute atomic E-state index is 0.0756. The number of Topliss-reactive ketones (excluding diaryl/α,β-unsaturated/α-hetero) is 1. The summed E-state index contributed by atoms with van der Waals surface area (Å²) in [6.45, 7) is 6.69. The summed E-state index contributed by atoms with van der Waals surface area (Å²) in [6.07, 6.45) is 10.4. The Kier molecular flexibility index (Phi) is 5.48. The van der Waals surface area contributed by atoms with Gasteiger partial charge in [-0.1, -0.05) is 13.8 Å². The van der Waals surface area contributed by atoms with E-state index in [-0.39, 0.29) is 17.4 Å². The Morgan fingerprint density at radius 1 is 1.04 bits per heavy atom. The van der Waals surface area contributed by atoms with E-state index in [0.717, 1.165) is 31.1 Å². The van der Waals surface area contributed by atoms with Crippen molar-refractivity contribution in [3.8, 4) is 0 Å². The average Bonchev–Trinajstić information content (AvgIpc) is 2.97. The molecule has 0 bridgehead atoms. The minimum atomic E-state index is -0.452. The van der Waals surface area contributed by atoms with Crippen LogP contribution in [0, 0.1) is 40.4 Å². The molecule has 4 saturated carbocycles. The van der Waals surface area contributed by atoms with Crippen molar-refractivity contribution < 1.29 is 15.0 Å². The molecule has 4 aliphatic carbocycles. The van der Waals surface area contributed by atoms with E-state index in [1.807, 2.05) is 0 Å². The standard InChI is InChI=1S/C23H38O3S/c1-14(24)27-13-21(26)20-7-6-18-17-5-4-15-12-16(25)8-10-22(15,2)19(17)9-11-23(18,20)3/h14-20,24-25H,4-13H2,1-3H3/t14?,15-,16-,17+,18+,19+,20-,22+,23+/m1/s1. The molecule has 0 spiro atoms. The molecule has 27 heavy (non-hydrogen) atoms. The van der Waals surface area contributed by atoms with E-state index in [0.29, 0.717) is 28.8 Å². The number of hydrogen-bond acceptors (Lipinski definition) is 4. The van der Waals surface area contributed by atoms with Gasteiger partial charge in [-0.2, -0.15) is 0 Å². The highest BCUT2D eigenvalue weighted by atomic mass is 32.2. The lowest BCUT2D eigenvalue weighted by Crippen LogP contribution is -2.54. The van der Waals surface area contributed by atoms with Gasteiger partial charge < -0.3 is 10.2 Å². The third kappa shape index (κ3) is 3.32. The van der Waals surface area contributed by atoms with Crippen molar-refractivity contribution in [2.75, 3.05) is 5.75 Å². The van der Waals surface area contributed by atoms with Gasteiger partial charge in [0.25, 0.3) is 0 Å². The van der Waals surface area contributed by atoms with Crippen LogP contribution in [0.4, 0.5) is 0 Å². The first kappa shape index (κ1) is 20.2. The Balaban J connectivity index is 1.51. The molecule has 1 unspecified atom stereocenters. The highest BCUT2D eigenvalue weighted by molar-refractivity contribution is 8.00. The summed E-state index contributed by atoms with van der Waals surface area (Å²) >= 11 is 1.38. The van der Waals surface area contributed by atoms with E-state index in [1.165, 1.54) is 50.3 Å². The van der Waals surface area contributed by atoms with Crippen molar-refractivity contribution in [1.82, 2.24) is 0 Å². The predicted molar refractivity (Wildman–Crippen MR) is 110 cm³/mol. The number of carbonyl (C=O) groups is 1. The molecule has 4 heteroatoms. The van der Waals surface area contributed by atoms with Crippen molar-refractivity contribution >= 4 is 17.5 Å². The molecule has 0 heterocycles. The van der Waals surface area contributed by atoms with Crippen LogP contribution < -0.4 is 0 Å². The van der Waals surface area contributed by atoms with E-state index in [4.69, 9.17) is 0 Å². The summed E-state index contributed by atoms with van der Waals surface area (Å²) in [7, 11) is 0. The number of aliphatic hydroxyl groups is 2. The maximum absolute atomic E-state index is 12.9. The molecule has 4 rings (SSSR count). The third-order valence-electron chi connectivity index (χ3n) is 9.49. The zero-order chi connectivity index (χ0) is 19.4. The lowest BCUT2D eigenvalue weighted by atomic mass is 9.44. The van der Waals surface area contributed by atoms with Gasteiger partial charge in [0.2, 0.25) is 0 Å². The fraction of sp³-hybridized carbons (Fsp3) is 0.957. The van der Waals surface area contributed by atoms with Gasteiger partial charge in [-0.3, -0.25) is 4.79 Å². The van der Waals surface area contributed by atoms with Gasteiger partial charge in [0.05, 0.1) is 17.3 Å². The van der Waals surface area contributed by atoms with Gasteiger partial charge in [0, 0.05) is 5.92 Å². The van der Waals surface area contributed by atoms with Crippen LogP contribution >= 0.6 is 11.8 Å². The fourth-order valence-electron chi connectivity index (χ4n) is 8.07. The molecule has 2 N–H and O–H groups in total. The van der Waals surface area contributed by atoms with Crippen molar-refractivity contribution in [2.24, 2.45) is 40.4 Å². The summed E-state index contributed by atoms with van der Waals surface area (Å²) in [5, 5.41) is 19.7. The fourth-order valence-corrected chi connectivity index (χ4v) is 8.67. The summed E-state index contributed by atoms with van der Waals surface area (Å²) in [5.74, 6) is 4.03. The van der Waals surface area contributed by atoms with Crippen LogP contribution in [0.5, 0.6) is 0 Å². The maximum Gasteiger partial charge on any atom is 0.146 e. The molecule has 0 radical (unpaired) electrons. The highest BCUT2D eigenvalue weighted by Crippen LogP contribution is 2.67. The van der Waals surface area contributed by atoms with Crippen LogP contribution in [0.2, 0.25) is 0 Å². The average molecular weight is 395 g/mol. The monoisotopic (exact) mass is 394 g/mol. The molecule has 0 aliphatic heterocycles. The first-order valence-corrected chi connectivity index (χ1v) is 12.3.